The summed E-state index contributed by atoms with van der Waals surface area (Å²) in [6, 6.07) is 2.94. The number of nitrogens with zero attached hydrogens (tertiary/aromatic N) is 2. The Morgan fingerprint density at radius 2 is 2.25 bits per heavy atom. The van der Waals surface area contributed by atoms with Crippen molar-refractivity contribution >= 4 is 21.7 Å². The van der Waals surface area contributed by atoms with E-state index in [1.807, 2.05) is 0 Å². The lowest BCUT2D eigenvalue weighted by atomic mass is 10.3. The maximum Gasteiger partial charge on any atom is 0.321 e. The summed E-state index contributed by atoms with van der Waals surface area (Å²) >= 11 is 0. The van der Waals surface area contributed by atoms with Crippen LogP contribution in [0.5, 0.6) is 5.88 Å². The van der Waals surface area contributed by atoms with Gasteiger partial charge in [-0.3, -0.25) is 0 Å². The predicted octanol–water partition coefficient (Wildman–Crippen LogP) is 1.42. The molecule has 0 spiro atoms. The molecule has 1 aliphatic rings. The first-order valence-electron chi connectivity index (χ1n) is 7.99. The molecule has 134 valence electrons. The van der Waals surface area contributed by atoms with Crippen LogP contribution in [-0.4, -0.2) is 56.3 Å². The van der Waals surface area contributed by atoms with Crippen LogP contribution < -0.4 is 14.8 Å². The Morgan fingerprint density at radius 3 is 2.88 bits per heavy atom. The van der Waals surface area contributed by atoms with Crippen LogP contribution in [0.15, 0.2) is 18.3 Å². The summed E-state index contributed by atoms with van der Waals surface area (Å²) in [5, 5.41) is 2.75. The van der Waals surface area contributed by atoms with Crippen molar-refractivity contribution < 1.29 is 17.9 Å². The number of ether oxygens (including phenoxy) is 1. The second-order valence-corrected chi connectivity index (χ2v) is 7.62. The van der Waals surface area contributed by atoms with Gasteiger partial charge in [-0.05, 0) is 18.9 Å². The van der Waals surface area contributed by atoms with E-state index in [0.717, 1.165) is 19.1 Å². The number of sulfonamides is 1. The maximum atomic E-state index is 12.2. The molecule has 0 radical (unpaired) electrons. The number of urea groups is 1. The Hall–Kier alpha value is -1.87. The van der Waals surface area contributed by atoms with Gasteiger partial charge in [0.15, 0.2) is 0 Å². The topological polar surface area (TPSA) is 101 Å². The van der Waals surface area contributed by atoms with E-state index >= 15 is 0 Å². The highest BCUT2D eigenvalue weighted by Gasteiger charge is 2.28. The van der Waals surface area contributed by atoms with Crippen LogP contribution in [-0.2, 0) is 10.0 Å². The van der Waals surface area contributed by atoms with E-state index < -0.39 is 10.0 Å². The van der Waals surface area contributed by atoms with Gasteiger partial charge in [-0.1, -0.05) is 13.3 Å². The van der Waals surface area contributed by atoms with Crippen LogP contribution >= 0.6 is 0 Å². The molecule has 2 heterocycles. The third-order valence-electron chi connectivity index (χ3n) is 3.59. The molecule has 0 aliphatic carbocycles. The predicted molar refractivity (Wildman–Crippen MR) is 91.6 cm³/mol. The number of amides is 2. The van der Waals surface area contributed by atoms with E-state index in [1.54, 1.807) is 23.2 Å². The van der Waals surface area contributed by atoms with E-state index in [0.29, 0.717) is 37.7 Å². The molecule has 1 unspecified atom stereocenters. The first kappa shape index (κ1) is 18.5. The highest BCUT2D eigenvalue weighted by atomic mass is 32.2. The summed E-state index contributed by atoms with van der Waals surface area (Å²) in [6.45, 7) is 3.57. The number of unbranched alkanes of at least 4 members (excludes halogenated alkanes) is 1. The van der Waals surface area contributed by atoms with Crippen molar-refractivity contribution in [2.24, 2.45) is 0 Å². The summed E-state index contributed by atoms with van der Waals surface area (Å²) in [4.78, 5) is 17.9. The van der Waals surface area contributed by atoms with Crippen LogP contribution in [0.1, 0.15) is 26.2 Å². The molecule has 0 aromatic carbocycles. The fraction of sp³-hybridized carbons (Fsp3) is 0.600. The van der Waals surface area contributed by atoms with Crippen molar-refractivity contribution in [1.29, 1.82) is 0 Å². The largest absolute Gasteiger partial charge is 0.478 e. The van der Waals surface area contributed by atoms with E-state index in [9.17, 15) is 13.2 Å². The van der Waals surface area contributed by atoms with Gasteiger partial charge in [-0.25, -0.2) is 22.9 Å². The number of aromatic nitrogens is 1. The zero-order chi connectivity index (χ0) is 17.6. The molecule has 1 aromatic rings. The molecule has 8 nitrogen and oxygen atoms in total. The first-order chi connectivity index (χ1) is 11.4. The van der Waals surface area contributed by atoms with Gasteiger partial charge in [-0.15, -0.1) is 0 Å². The number of anilines is 1. The Balaban J connectivity index is 1.82. The smallest absolute Gasteiger partial charge is 0.321 e. The Kier molecular flexibility index (Phi) is 6.38. The SMILES string of the molecule is CCCCOc1ccc(NC(=O)N2CCC(NS(C)(=O)=O)C2)cn1. The number of likely N-dealkylation sites (tertiary alicyclic amines) is 1. The lowest BCUT2D eigenvalue weighted by Gasteiger charge is -2.17. The minimum absolute atomic E-state index is 0.238. The van der Waals surface area contributed by atoms with Crippen molar-refractivity contribution in [3.8, 4) is 5.88 Å². The summed E-state index contributed by atoms with van der Waals surface area (Å²) < 4.78 is 30.4. The van der Waals surface area contributed by atoms with Crippen molar-refractivity contribution in [2.45, 2.75) is 32.2 Å². The average molecular weight is 356 g/mol. The van der Waals surface area contributed by atoms with E-state index in [-0.39, 0.29) is 12.1 Å². The molecule has 0 bridgehead atoms. The van der Waals surface area contributed by atoms with Gasteiger partial charge < -0.3 is 15.0 Å². The summed E-state index contributed by atoms with van der Waals surface area (Å²) in [5.74, 6) is 0.528. The van der Waals surface area contributed by atoms with Crippen LogP contribution in [0, 0.1) is 0 Å². The summed E-state index contributed by atoms with van der Waals surface area (Å²) in [7, 11) is -3.26. The van der Waals surface area contributed by atoms with Crippen LogP contribution in [0.4, 0.5) is 10.5 Å². The number of nitrogens with one attached hydrogen (secondary N) is 2. The second kappa shape index (κ2) is 8.29. The number of carbonyl (C=O) groups excluding carboxylic acids is 1. The number of carbonyl (C=O) groups is 1. The standard InChI is InChI=1S/C15H24N4O4S/c1-3-4-9-23-14-6-5-12(10-16-14)17-15(20)19-8-7-13(11-19)18-24(2,21)22/h5-6,10,13,18H,3-4,7-9,11H2,1-2H3,(H,17,20). The van der Waals surface area contributed by atoms with E-state index in [2.05, 4.69) is 21.9 Å². The van der Waals surface area contributed by atoms with Gasteiger partial charge in [0, 0.05) is 25.2 Å². The fourth-order valence-electron chi connectivity index (χ4n) is 2.41. The molecule has 24 heavy (non-hydrogen) atoms. The lowest BCUT2D eigenvalue weighted by molar-refractivity contribution is 0.221. The molecule has 2 amide bonds. The van der Waals surface area contributed by atoms with Gasteiger partial charge in [0.2, 0.25) is 15.9 Å². The Bertz CT molecular complexity index is 648. The molecule has 1 aliphatic heterocycles. The molecular formula is C15H24N4O4S. The van der Waals surface area contributed by atoms with Gasteiger partial charge >= 0.3 is 6.03 Å². The quantitative estimate of drug-likeness (QED) is 0.720. The average Bonchev–Trinajstić information content (AvgIpc) is 2.96. The molecule has 2 rings (SSSR count). The summed E-state index contributed by atoms with van der Waals surface area (Å²) in [6.07, 6.45) is 5.28. The molecular weight excluding hydrogens is 332 g/mol. The van der Waals surface area contributed by atoms with E-state index in [1.165, 1.54) is 0 Å². The fourth-order valence-corrected chi connectivity index (χ4v) is 3.20. The highest BCUT2D eigenvalue weighted by molar-refractivity contribution is 7.88. The maximum absolute atomic E-state index is 12.2. The zero-order valence-corrected chi connectivity index (χ0v) is 14.8. The highest BCUT2D eigenvalue weighted by Crippen LogP contribution is 2.15. The normalized spacial score (nSPS) is 17.8. The first-order valence-corrected chi connectivity index (χ1v) is 9.88. The molecule has 1 aromatic heterocycles. The van der Waals surface area contributed by atoms with Crippen molar-refractivity contribution in [3.63, 3.8) is 0 Å². The van der Waals surface area contributed by atoms with Crippen molar-refractivity contribution in [2.75, 3.05) is 31.3 Å². The summed E-state index contributed by atoms with van der Waals surface area (Å²) in [5.41, 5.74) is 0.572. The molecule has 1 fully saturated rings. The number of hydrogen-bond donors (Lipinski definition) is 2. The second-order valence-electron chi connectivity index (χ2n) is 5.84. The van der Waals surface area contributed by atoms with Crippen LogP contribution in [0.25, 0.3) is 0 Å². The minimum Gasteiger partial charge on any atom is -0.478 e. The van der Waals surface area contributed by atoms with Crippen molar-refractivity contribution in [3.05, 3.63) is 18.3 Å². The third-order valence-corrected chi connectivity index (χ3v) is 4.35. The monoisotopic (exact) mass is 356 g/mol. The number of pyridine rings is 1. The lowest BCUT2D eigenvalue weighted by Crippen LogP contribution is -2.39. The van der Waals surface area contributed by atoms with E-state index in [4.69, 9.17) is 4.74 Å². The molecule has 0 saturated carbocycles. The van der Waals surface area contributed by atoms with Crippen LogP contribution in [0.2, 0.25) is 0 Å². The van der Waals surface area contributed by atoms with Gasteiger partial charge in [0.25, 0.3) is 0 Å². The molecule has 9 heteroatoms. The number of rotatable bonds is 7. The van der Waals surface area contributed by atoms with Crippen molar-refractivity contribution in [1.82, 2.24) is 14.6 Å². The Labute approximate surface area is 142 Å². The van der Waals surface area contributed by atoms with Gasteiger partial charge in [0.1, 0.15) is 0 Å². The molecule has 1 atom stereocenters. The third kappa shape index (κ3) is 5.97. The van der Waals surface area contributed by atoms with Crippen LogP contribution in [0.3, 0.4) is 0 Å². The Morgan fingerprint density at radius 1 is 1.46 bits per heavy atom. The van der Waals surface area contributed by atoms with Gasteiger partial charge in [0.05, 0.1) is 24.7 Å². The van der Waals surface area contributed by atoms with Gasteiger partial charge in [-0.2, -0.15) is 0 Å². The zero-order valence-electron chi connectivity index (χ0n) is 14.0. The minimum atomic E-state index is -3.26. The molecule has 1 saturated heterocycles. The molecule has 2 N–H and O–H groups in total. The number of hydrogen-bond acceptors (Lipinski definition) is 5.